The van der Waals surface area contributed by atoms with Gasteiger partial charge in [0.1, 0.15) is 5.82 Å². The summed E-state index contributed by atoms with van der Waals surface area (Å²) < 4.78 is 32.8. The van der Waals surface area contributed by atoms with E-state index in [-0.39, 0.29) is 18.2 Å². The summed E-state index contributed by atoms with van der Waals surface area (Å²) in [5.41, 5.74) is 0.747. The molecule has 0 saturated heterocycles. The lowest BCUT2D eigenvalue weighted by Crippen LogP contribution is -2.33. The SMILES string of the molecule is O=C(COc1ccc(Br)cc1F)N[C@H](c1ccc(F)cc1)c1cccs1. The van der Waals surface area contributed by atoms with Crippen molar-refractivity contribution in [2.75, 3.05) is 6.61 Å². The molecule has 0 fully saturated rings. The number of hydrogen-bond acceptors (Lipinski definition) is 3. The molecule has 1 amide bonds. The molecule has 1 N–H and O–H groups in total. The number of benzene rings is 2. The first-order chi connectivity index (χ1) is 12.5. The van der Waals surface area contributed by atoms with E-state index in [0.29, 0.717) is 4.47 Å². The van der Waals surface area contributed by atoms with E-state index in [4.69, 9.17) is 4.74 Å². The van der Waals surface area contributed by atoms with E-state index in [9.17, 15) is 13.6 Å². The molecule has 1 aromatic heterocycles. The van der Waals surface area contributed by atoms with Gasteiger partial charge in [-0.25, -0.2) is 8.78 Å². The largest absolute Gasteiger partial charge is 0.481 e. The molecule has 1 atom stereocenters. The molecule has 0 aliphatic carbocycles. The number of nitrogens with one attached hydrogen (secondary N) is 1. The Morgan fingerprint density at radius 1 is 1.15 bits per heavy atom. The molecule has 3 rings (SSSR count). The van der Waals surface area contributed by atoms with Crippen molar-refractivity contribution in [2.24, 2.45) is 0 Å². The summed E-state index contributed by atoms with van der Waals surface area (Å²) >= 11 is 4.64. The summed E-state index contributed by atoms with van der Waals surface area (Å²) in [6.07, 6.45) is 0. The molecule has 26 heavy (non-hydrogen) atoms. The van der Waals surface area contributed by atoms with Crippen LogP contribution in [0.2, 0.25) is 0 Å². The van der Waals surface area contributed by atoms with E-state index in [1.807, 2.05) is 17.5 Å². The van der Waals surface area contributed by atoms with Crippen LogP contribution in [-0.2, 0) is 4.79 Å². The third-order valence-corrected chi connectivity index (χ3v) is 5.02. The Morgan fingerprint density at radius 2 is 1.92 bits per heavy atom. The summed E-state index contributed by atoms with van der Waals surface area (Å²) in [7, 11) is 0. The van der Waals surface area contributed by atoms with Gasteiger partial charge >= 0.3 is 0 Å². The number of carbonyl (C=O) groups is 1. The first-order valence-electron chi connectivity index (χ1n) is 7.69. The van der Waals surface area contributed by atoms with E-state index in [0.717, 1.165) is 10.4 Å². The third-order valence-electron chi connectivity index (χ3n) is 3.59. The Labute approximate surface area is 161 Å². The van der Waals surface area contributed by atoms with E-state index < -0.39 is 17.8 Å². The Balaban J connectivity index is 1.70. The maximum Gasteiger partial charge on any atom is 0.258 e. The zero-order valence-corrected chi connectivity index (χ0v) is 15.8. The number of thiophene rings is 1. The first-order valence-corrected chi connectivity index (χ1v) is 9.36. The first kappa shape index (κ1) is 18.5. The second kappa shape index (κ2) is 8.42. The minimum absolute atomic E-state index is 0.00203. The highest BCUT2D eigenvalue weighted by molar-refractivity contribution is 9.10. The highest BCUT2D eigenvalue weighted by atomic mass is 79.9. The van der Waals surface area contributed by atoms with Crippen LogP contribution < -0.4 is 10.1 Å². The summed E-state index contributed by atoms with van der Waals surface area (Å²) in [6, 6.07) is 13.6. The topological polar surface area (TPSA) is 38.3 Å². The standard InChI is InChI=1S/C19H14BrF2NO2S/c20-13-5-8-16(15(22)10-13)25-11-18(24)23-19(17-2-1-9-26-17)12-3-6-14(21)7-4-12/h1-10,19H,11H2,(H,23,24)/t19-/m1/s1. The van der Waals surface area contributed by atoms with Crippen molar-refractivity contribution < 1.29 is 18.3 Å². The number of halogens is 3. The molecule has 0 aliphatic heterocycles. The number of rotatable bonds is 6. The Hall–Kier alpha value is -2.25. The monoisotopic (exact) mass is 437 g/mol. The van der Waals surface area contributed by atoms with Crippen molar-refractivity contribution in [3.05, 3.63) is 86.5 Å². The number of ether oxygens (including phenoxy) is 1. The summed E-state index contributed by atoms with van der Waals surface area (Å²) in [5.74, 6) is -1.31. The van der Waals surface area contributed by atoms with Crippen LogP contribution in [0.3, 0.4) is 0 Å². The Morgan fingerprint density at radius 3 is 2.58 bits per heavy atom. The second-order valence-corrected chi connectivity index (χ2v) is 7.33. The fraction of sp³-hybridized carbons (Fsp3) is 0.105. The smallest absolute Gasteiger partial charge is 0.258 e. The van der Waals surface area contributed by atoms with E-state index >= 15 is 0 Å². The molecule has 0 spiro atoms. The number of hydrogen-bond donors (Lipinski definition) is 1. The van der Waals surface area contributed by atoms with Gasteiger partial charge in [0, 0.05) is 9.35 Å². The number of carbonyl (C=O) groups excluding carboxylic acids is 1. The molecule has 3 nitrogen and oxygen atoms in total. The van der Waals surface area contributed by atoms with Crippen molar-refractivity contribution in [3.63, 3.8) is 0 Å². The van der Waals surface area contributed by atoms with Crippen LogP contribution in [-0.4, -0.2) is 12.5 Å². The molecule has 3 aromatic rings. The fourth-order valence-corrected chi connectivity index (χ4v) is 3.50. The van der Waals surface area contributed by atoms with Crippen molar-refractivity contribution in [3.8, 4) is 5.75 Å². The lowest BCUT2D eigenvalue weighted by atomic mass is 10.1. The summed E-state index contributed by atoms with van der Waals surface area (Å²) in [6.45, 7) is -0.332. The predicted molar refractivity (Wildman–Crippen MR) is 100 cm³/mol. The van der Waals surface area contributed by atoms with Crippen LogP contribution in [0.1, 0.15) is 16.5 Å². The average Bonchev–Trinajstić information content (AvgIpc) is 3.14. The zero-order valence-electron chi connectivity index (χ0n) is 13.4. The Bertz CT molecular complexity index is 885. The van der Waals surface area contributed by atoms with Gasteiger partial charge in [-0.15, -0.1) is 11.3 Å². The highest BCUT2D eigenvalue weighted by Gasteiger charge is 2.18. The molecular weight excluding hydrogens is 424 g/mol. The quantitative estimate of drug-likeness (QED) is 0.584. The van der Waals surface area contributed by atoms with Crippen molar-refractivity contribution in [1.29, 1.82) is 0 Å². The van der Waals surface area contributed by atoms with Gasteiger partial charge in [-0.3, -0.25) is 4.79 Å². The van der Waals surface area contributed by atoms with Gasteiger partial charge in [-0.2, -0.15) is 0 Å². The van der Waals surface area contributed by atoms with E-state index in [1.54, 1.807) is 18.2 Å². The zero-order chi connectivity index (χ0) is 18.5. The lowest BCUT2D eigenvalue weighted by molar-refractivity contribution is -0.123. The van der Waals surface area contributed by atoms with Gasteiger partial charge in [-0.05, 0) is 47.3 Å². The van der Waals surface area contributed by atoms with Gasteiger partial charge in [-0.1, -0.05) is 34.1 Å². The summed E-state index contributed by atoms with van der Waals surface area (Å²) in [4.78, 5) is 13.2. The highest BCUT2D eigenvalue weighted by Crippen LogP contribution is 2.26. The van der Waals surface area contributed by atoms with Crippen molar-refractivity contribution in [2.45, 2.75) is 6.04 Å². The van der Waals surface area contributed by atoms with Gasteiger partial charge < -0.3 is 10.1 Å². The van der Waals surface area contributed by atoms with Gasteiger partial charge in [0.2, 0.25) is 0 Å². The molecule has 1 heterocycles. The van der Waals surface area contributed by atoms with Crippen LogP contribution in [0.4, 0.5) is 8.78 Å². The number of amides is 1. The van der Waals surface area contributed by atoms with E-state index in [1.165, 1.54) is 35.6 Å². The van der Waals surface area contributed by atoms with Crippen molar-refractivity contribution in [1.82, 2.24) is 5.32 Å². The van der Waals surface area contributed by atoms with Crippen molar-refractivity contribution >= 4 is 33.2 Å². The van der Waals surface area contributed by atoms with Gasteiger partial charge in [0.05, 0.1) is 6.04 Å². The van der Waals surface area contributed by atoms with Crippen LogP contribution >= 0.6 is 27.3 Å². The van der Waals surface area contributed by atoms with Crippen LogP contribution in [0.15, 0.2) is 64.5 Å². The molecule has 2 aromatic carbocycles. The molecule has 0 aliphatic rings. The summed E-state index contributed by atoms with van der Waals surface area (Å²) in [5, 5.41) is 4.74. The molecule has 0 saturated carbocycles. The molecule has 134 valence electrons. The normalized spacial score (nSPS) is 11.8. The molecule has 0 unspecified atom stereocenters. The minimum Gasteiger partial charge on any atom is -0.481 e. The second-order valence-electron chi connectivity index (χ2n) is 5.43. The minimum atomic E-state index is -0.555. The molecular formula is C19H14BrF2NO2S. The molecule has 0 radical (unpaired) electrons. The molecule has 7 heteroatoms. The third kappa shape index (κ3) is 4.68. The average molecular weight is 438 g/mol. The van der Waals surface area contributed by atoms with E-state index in [2.05, 4.69) is 21.2 Å². The van der Waals surface area contributed by atoms with Crippen LogP contribution in [0.5, 0.6) is 5.75 Å². The Kier molecular flexibility index (Phi) is 6.00. The maximum absolute atomic E-state index is 13.8. The van der Waals surface area contributed by atoms with Crippen LogP contribution in [0, 0.1) is 11.6 Å². The fourth-order valence-electron chi connectivity index (χ4n) is 2.37. The molecule has 0 bridgehead atoms. The van der Waals surface area contributed by atoms with Crippen LogP contribution in [0.25, 0.3) is 0 Å². The lowest BCUT2D eigenvalue weighted by Gasteiger charge is -2.18. The van der Waals surface area contributed by atoms with Gasteiger partial charge in [0.25, 0.3) is 5.91 Å². The van der Waals surface area contributed by atoms with Gasteiger partial charge in [0.15, 0.2) is 18.2 Å². The predicted octanol–water partition coefficient (Wildman–Crippen LogP) is 5.07. The maximum atomic E-state index is 13.8.